The Morgan fingerprint density at radius 3 is 2.75 bits per heavy atom. The van der Waals surface area contributed by atoms with Gasteiger partial charge in [-0.25, -0.2) is 0 Å². The predicted molar refractivity (Wildman–Crippen MR) is 70.9 cm³/mol. The molecule has 0 saturated carbocycles. The van der Waals surface area contributed by atoms with Gasteiger partial charge in [0, 0.05) is 11.3 Å². The van der Waals surface area contributed by atoms with Crippen molar-refractivity contribution in [2.24, 2.45) is 5.73 Å². The topological polar surface area (TPSA) is 39.2 Å². The largest absolute Gasteiger partial charge is 0.464 e. The molecule has 0 saturated heterocycles. The van der Waals surface area contributed by atoms with Crippen molar-refractivity contribution in [1.82, 2.24) is 0 Å². The standard InChI is InChI=1S/C12H14BrNOS/c1-3-8-4-5-9(15-8)11(14)10-6-7(2)12(13)16-10/h4-6,11H,3,14H2,1-2H3. The van der Waals surface area contributed by atoms with Crippen LogP contribution in [-0.2, 0) is 6.42 Å². The van der Waals surface area contributed by atoms with Crippen LogP contribution in [0, 0.1) is 6.92 Å². The highest BCUT2D eigenvalue weighted by Crippen LogP contribution is 2.33. The fourth-order valence-corrected chi connectivity index (χ4v) is 3.11. The third-order valence-electron chi connectivity index (χ3n) is 2.52. The van der Waals surface area contributed by atoms with E-state index >= 15 is 0 Å². The Bertz CT molecular complexity index is 469. The lowest BCUT2D eigenvalue weighted by molar-refractivity contribution is 0.455. The van der Waals surface area contributed by atoms with Gasteiger partial charge in [0.25, 0.3) is 0 Å². The lowest BCUT2D eigenvalue weighted by Gasteiger charge is -2.05. The van der Waals surface area contributed by atoms with E-state index in [1.54, 1.807) is 11.3 Å². The normalized spacial score (nSPS) is 13.0. The quantitative estimate of drug-likeness (QED) is 0.929. The Balaban J connectivity index is 2.27. The summed E-state index contributed by atoms with van der Waals surface area (Å²) in [5, 5.41) is 0. The van der Waals surface area contributed by atoms with Gasteiger partial charge in [-0.05, 0) is 46.6 Å². The molecule has 0 bridgehead atoms. The third kappa shape index (κ3) is 2.24. The van der Waals surface area contributed by atoms with Crippen molar-refractivity contribution in [3.63, 3.8) is 0 Å². The molecule has 2 heterocycles. The fourth-order valence-electron chi connectivity index (χ4n) is 1.53. The molecule has 0 aliphatic heterocycles. The second-order valence-corrected chi connectivity index (χ2v) is 6.14. The smallest absolute Gasteiger partial charge is 0.126 e. The molecule has 0 aromatic carbocycles. The fraction of sp³-hybridized carbons (Fsp3) is 0.333. The van der Waals surface area contributed by atoms with Crippen LogP contribution < -0.4 is 5.73 Å². The van der Waals surface area contributed by atoms with E-state index in [4.69, 9.17) is 10.2 Å². The van der Waals surface area contributed by atoms with E-state index < -0.39 is 0 Å². The Hall–Kier alpha value is -0.580. The van der Waals surface area contributed by atoms with Crippen LogP contribution in [0.1, 0.15) is 34.9 Å². The van der Waals surface area contributed by atoms with E-state index in [2.05, 4.69) is 35.8 Å². The van der Waals surface area contributed by atoms with E-state index in [0.29, 0.717) is 0 Å². The van der Waals surface area contributed by atoms with Crippen molar-refractivity contribution in [2.75, 3.05) is 0 Å². The highest BCUT2D eigenvalue weighted by Gasteiger charge is 2.16. The zero-order chi connectivity index (χ0) is 11.7. The van der Waals surface area contributed by atoms with Crippen molar-refractivity contribution < 1.29 is 4.42 Å². The van der Waals surface area contributed by atoms with Crippen LogP contribution in [0.3, 0.4) is 0 Å². The first-order valence-electron chi connectivity index (χ1n) is 5.21. The molecule has 2 aromatic heterocycles. The summed E-state index contributed by atoms with van der Waals surface area (Å²) in [6, 6.07) is 5.90. The maximum atomic E-state index is 6.16. The third-order valence-corrected chi connectivity index (χ3v) is 4.74. The summed E-state index contributed by atoms with van der Waals surface area (Å²) in [5.74, 6) is 1.82. The zero-order valence-corrected chi connectivity index (χ0v) is 11.7. The minimum absolute atomic E-state index is 0.157. The second-order valence-electron chi connectivity index (χ2n) is 3.74. The Labute approximate surface area is 108 Å². The molecule has 0 amide bonds. The van der Waals surface area contributed by atoms with Gasteiger partial charge in [0.15, 0.2) is 0 Å². The molecule has 0 aliphatic rings. The van der Waals surface area contributed by atoms with Crippen LogP contribution >= 0.6 is 27.3 Å². The summed E-state index contributed by atoms with van der Waals surface area (Å²) in [6.45, 7) is 4.14. The van der Waals surface area contributed by atoms with Crippen LogP contribution in [0.5, 0.6) is 0 Å². The van der Waals surface area contributed by atoms with Crippen LogP contribution in [0.2, 0.25) is 0 Å². The van der Waals surface area contributed by atoms with Gasteiger partial charge in [-0.3, -0.25) is 0 Å². The molecule has 4 heteroatoms. The molecule has 0 radical (unpaired) electrons. The average molecular weight is 300 g/mol. The van der Waals surface area contributed by atoms with Gasteiger partial charge < -0.3 is 10.2 Å². The maximum absolute atomic E-state index is 6.16. The highest BCUT2D eigenvalue weighted by molar-refractivity contribution is 9.11. The first-order valence-corrected chi connectivity index (χ1v) is 6.82. The number of furan rings is 1. The summed E-state index contributed by atoms with van der Waals surface area (Å²) in [6.07, 6.45) is 0.903. The van der Waals surface area contributed by atoms with E-state index in [1.165, 1.54) is 5.56 Å². The van der Waals surface area contributed by atoms with Crippen molar-refractivity contribution in [2.45, 2.75) is 26.3 Å². The summed E-state index contributed by atoms with van der Waals surface area (Å²) >= 11 is 5.17. The van der Waals surface area contributed by atoms with Crippen LogP contribution in [0.4, 0.5) is 0 Å². The number of thiophene rings is 1. The van der Waals surface area contributed by atoms with Crippen LogP contribution in [0.25, 0.3) is 0 Å². The molecule has 1 unspecified atom stereocenters. The lowest BCUT2D eigenvalue weighted by Crippen LogP contribution is -2.08. The lowest BCUT2D eigenvalue weighted by atomic mass is 10.2. The SMILES string of the molecule is CCc1ccc(C(N)c2cc(C)c(Br)s2)o1. The first kappa shape index (κ1) is 11.9. The average Bonchev–Trinajstić information content (AvgIpc) is 2.86. The summed E-state index contributed by atoms with van der Waals surface area (Å²) in [5.41, 5.74) is 7.38. The molecule has 2 rings (SSSR count). The van der Waals surface area contributed by atoms with Crippen molar-refractivity contribution >= 4 is 27.3 Å². The van der Waals surface area contributed by atoms with Crippen molar-refractivity contribution in [3.05, 3.63) is 43.9 Å². The van der Waals surface area contributed by atoms with Crippen molar-refractivity contribution in [1.29, 1.82) is 0 Å². The molecule has 0 aliphatic carbocycles. The molecule has 0 spiro atoms. The predicted octanol–water partition coefficient (Wildman–Crippen LogP) is 4.02. The number of hydrogen-bond donors (Lipinski definition) is 1. The van der Waals surface area contributed by atoms with E-state index in [-0.39, 0.29) is 6.04 Å². The summed E-state index contributed by atoms with van der Waals surface area (Å²) in [4.78, 5) is 1.13. The monoisotopic (exact) mass is 299 g/mol. The van der Waals surface area contributed by atoms with E-state index in [1.807, 2.05) is 12.1 Å². The zero-order valence-electron chi connectivity index (χ0n) is 9.29. The number of halogens is 1. The van der Waals surface area contributed by atoms with Crippen LogP contribution in [0.15, 0.2) is 26.4 Å². The Morgan fingerprint density at radius 2 is 2.25 bits per heavy atom. The van der Waals surface area contributed by atoms with Gasteiger partial charge in [-0.2, -0.15) is 0 Å². The molecule has 0 fully saturated rings. The van der Waals surface area contributed by atoms with Gasteiger partial charge >= 0.3 is 0 Å². The first-order chi connectivity index (χ1) is 7.61. The van der Waals surface area contributed by atoms with Gasteiger partial charge in [-0.1, -0.05) is 6.92 Å². The van der Waals surface area contributed by atoms with Crippen molar-refractivity contribution in [3.8, 4) is 0 Å². The second kappa shape index (κ2) is 4.73. The maximum Gasteiger partial charge on any atom is 0.126 e. The van der Waals surface area contributed by atoms with E-state index in [9.17, 15) is 0 Å². The molecular weight excluding hydrogens is 286 g/mol. The minimum Gasteiger partial charge on any atom is -0.464 e. The number of nitrogens with two attached hydrogens (primary N) is 1. The molecular formula is C12H14BrNOS. The van der Waals surface area contributed by atoms with Crippen LogP contribution in [-0.4, -0.2) is 0 Å². The molecule has 2 N–H and O–H groups in total. The Morgan fingerprint density at radius 1 is 1.50 bits per heavy atom. The van der Waals surface area contributed by atoms with E-state index in [0.717, 1.165) is 26.6 Å². The number of hydrogen-bond acceptors (Lipinski definition) is 3. The summed E-state index contributed by atoms with van der Waals surface area (Å²) < 4.78 is 6.80. The summed E-state index contributed by atoms with van der Waals surface area (Å²) in [7, 11) is 0. The Kier molecular flexibility index (Phi) is 3.52. The molecule has 2 aromatic rings. The van der Waals surface area contributed by atoms with Gasteiger partial charge in [0.05, 0.1) is 9.83 Å². The minimum atomic E-state index is -0.157. The number of rotatable bonds is 3. The highest BCUT2D eigenvalue weighted by atomic mass is 79.9. The molecule has 16 heavy (non-hydrogen) atoms. The van der Waals surface area contributed by atoms with Gasteiger partial charge in [-0.15, -0.1) is 11.3 Å². The molecule has 1 atom stereocenters. The van der Waals surface area contributed by atoms with Gasteiger partial charge in [0.2, 0.25) is 0 Å². The van der Waals surface area contributed by atoms with Gasteiger partial charge in [0.1, 0.15) is 11.5 Å². The molecule has 2 nitrogen and oxygen atoms in total. The number of aryl methyl sites for hydroxylation is 2. The molecule has 86 valence electrons.